The van der Waals surface area contributed by atoms with Gasteiger partial charge >= 0.3 is 0 Å². The van der Waals surface area contributed by atoms with Crippen LogP contribution < -0.4 is 14.8 Å². The third-order valence-corrected chi connectivity index (χ3v) is 4.06. The molecule has 0 spiro atoms. The summed E-state index contributed by atoms with van der Waals surface area (Å²) in [6, 6.07) is 14.4. The predicted octanol–water partition coefficient (Wildman–Crippen LogP) is 4.12. The molecule has 0 saturated carbocycles. The molecule has 2 aromatic carbocycles. The van der Waals surface area contributed by atoms with Gasteiger partial charge in [0.05, 0.1) is 11.6 Å². The maximum absolute atomic E-state index is 11.8. The van der Waals surface area contributed by atoms with E-state index in [1.165, 1.54) is 0 Å². The quantitative estimate of drug-likeness (QED) is 0.616. The maximum atomic E-state index is 11.8. The van der Waals surface area contributed by atoms with Gasteiger partial charge in [0.15, 0.2) is 6.61 Å². The summed E-state index contributed by atoms with van der Waals surface area (Å²) < 4.78 is 11.1. The first-order valence-electron chi connectivity index (χ1n) is 7.94. The van der Waals surface area contributed by atoms with Crippen LogP contribution >= 0.6 is 23.2 Å². The molecule has 0 unspecified atom stereocenters. The van der Waals surface area contributed by atoms with Crippen LogP contribution in [0.25, 0.3) is 10.9 Å². The van der Waals surface area contributed by atoms with Crippen molar-refractivity contribution < 1.29 is 14.3 Å². The fourth-order valence-electron chi connectivity index (χ4n) is 2.33. The zero-order chi connectivity index (χ0) is 18.4. The summed E-state index contributed by atoms with van der Waals surface area (Å²) in [6.07, 6.45) is 1.72. The summed E-state index contributed by atoms with van der Waals surface area (Å²) in [7, 11) is 0. The molecule has 5 nitrogen and oxygen atoms in total. The molecule has 0 aliphatic heterocycles. The van der Waals surface area contributed by atoms with Gasteiger partial charge in [-0.15, -0.1) is 0 Å². The third kappa shape index (κ3) is 4.77. The molecule has 1 heterocycles. The molecule has 134 valence electrons. The summed E-state index contributed by atoms with van der Waals surface area (Å²) in [5, 5.41) is 4.59. The van der Waals surface area contributed by atoms with E-state index in [9.17, 15) is 4.79 Å². The van der Waals surface area contributed by atoms with Crippen LogP contribution in [0, 0.1) is 0 Å². The summed E-state index contributed by atoms with van der Waals surface area (Å²) in [5.41, 5.74) is 0.794. The third-order valence-electron chi connectivity index (χ3n) is 3.53. The van der Waals surface area contributed by atoms with Crippen molar-refractivity contribution in [3.05, 3.63) is 64.8 Å². The summed E-state index contributed by atoms with van der Waals surface area (Å²) in [5.74, 6) is 0.821. The minimum Gasteiger partial charge on any atom is -0.489 e. The van der Waals surface area contributed by atoms with Gasteiger partial charge in [0, 0.05) is 16.6 Å². The Bertz CT molecular complexity index is 913. The number of amides is 1. The van der Waals surface area contributed by atoms with Crippen LogP contribution in [0.15, 0.2) is 54.7 Å². The summed E-state index contributed by atoms with van der Waals surface area (Å²) >= 11 is 11.8. The second-order valence-electron chi connectivity index (χ2n) is 5.39. The lowest BCUT2D eigenvalue weighted by molar-refractivity contribution is -0.123. The second-order valence-corrected chi connectivity index (χ2v) is 6.24. The number of benzene rings is 2. The molecule has 0 saturated heterocycles. The van der Waals surface area contributed by atoms with E-state index >= 15 is 0 Å². The molecule has 7 heteroatoms. The molecule has 1 N–H and O–H groups in total. The van der Waals surface area contributed by atoms with E-state index in [1.54, 1.807) is 24.4 Å². The highest BCUT2D eigenvalue weighted by Gasteiger charge is 2.07. The number of carbonyl (C=O) groups is 1. The van der Waals surface area contributed by atoms with Crippen molar-refractivity contribution in [2.45, 2.75) is 0 Å². The van der Waals surface area contributed by atoms with Crippen LogP contribution in [0.5, 0.6) is 11.5 Å². The highest BCUT2D eigenvalue weighted by Crippen LogP contribution is 2.27. The van der Waals surface area contributed by atoms with Crippen LogP contribution in [-0.2, 0) is 4.79 Å². The van der Waals surface area contributed by atoms with Gasteiger partial charge in [0.1, 0.15) is 23.6 Å². The fraction of sp³-hybridized carbons (Fsp3) is 0.158. The lowest BCUT2D eigenvalue weighted by atomic mass is 10.2. The number of nitrogens with zero attached hydrogens (tertiary/aromatic N) is 1. The Hall–Kier alpha value is -2.50. The molecular formula is C19H16Cl2N2O3. The van der Waals surface area contributed by atoms with Gasteiger partial charge in [0.25, 0.3) is 5.91 Å². The minimum absolute atomic E-state index is 0.142. The molecule has 1 amide bonds. The summed E-state index contributed by atoms with van der Waals surface area (Å²) in [6.45, 7) is 0.528. The number of para-hydroxylation sites is 1. The molecule has 0 aliphatic carbocycles. The average Bonchev–Trinajstić information content (AvgIpc) is 2.64. The number of nitrogens with one attached hydrogen (secondary N) is 1. The normalized spacial score (nSPS) is 10.5. The molecule has 3 aromatic rings. The summed E-state index contributed by atoms with van der Waals surface area (Å²) in [4.78, 5) is 16.2. The largest absolute Gasteiger partial charge is 0.489 e. The number of carbonyl (C=O) groups excluding carboxylic acids is 1. The standard InChI is InChI=1S/C19H16Cl2N2O3/c20-14-6-7-16(15(21)11-14)26-12-18(24)22-9-10-25-17-5-1-3-13-4-2-8-23-19(13)17/h1-8,11H,9-10,12H2,(H,22,24). The Balaban J connectivity index is 1.44. The van der Waals surface area contributed by atoms with Crippen molar-refractivity contribution in [3.8, 4) is 11.5 Å². The minimum atomic E-state index is -0.268. The second kappa shape index (κ2) is 8.74. The number of hydrogen-bond acceptors (Lipinski definition) is 4. The number of fused-ring (bicyclic) bond motifs is 1. The monoisotopic (exact) mass is 390 g/mol. The van der Waals surface area contributed by atoms with Crippen LogP contribution in [0.4, 0.5) is 0 Å². The van der Waals surface area contributed by atoms with E-state index in [2.05, 4.69) is 10.3 Å². The molecule has 3 rings (SSSR count). The first-order chi connectivity index (χ1) is 12.6. The molecule has 0 bridgehead atoms. The number of ether oxygens (including phenoxy) is 2. The first-order valence-corrected chi connectivity index (χ1v) is 8.70. The topological polar surface area (TPSA) is 60.5 Å². The lowest BCUT2D eigenvalue weighted by Gasteiger charge is -2.10. The van der Waals surface area contributed by atoms with Gasteiger partial charge in [-0.05, 0) is 30.3 Å². The van der Waals surface area contributed by atoms with Crippen LogP contribution in [0.1, 0.15) is 0 Å². The highest BCUT2D eigenvalue weighted by molar-refractivity contribution is 6.35. The number of halogens is 2. The first kappa shape index (κ1) is 18.3. The number of hydrogen-bond donors (Lipinski definition) is 1. The molecule has 0 radical (unpaired) electrons. The average molecular weight is 391 g/mol. The van der Waals surface area contributed by atoms with E-state index in [0.29, 0.717) is 34.7 Å². The van der Waals surface area contributed by atoms with Crippen molar-refractivity contribution in [1.82, 2.24) is 10.3 Å². The van der Waals surface area contributed by atoms with Gasteiger partial charge in [-0.25, -0.2) is 0 Å². The van der Waals surface area contributed by atoms with E-state index in [0.717, 1.165) is 10.9 Å². The van der Waals surface area contributed by atoms with E-state index in [4.69, 9.17) is 32.7 Å². The molecule has 0 fully saturated rings. The Kier molecular flexibility index (Phi) is 6.15. The molecule has 0 aliphatic rings. The SMILES string of the molecule is O=C(COc1ccc(Cl)cc1Cl)NCCOc1cccc2cccnc12. The van der Waals surface area contributed by atoms with Crippen LogP contribution in [0.2, 0.25) is 10.0 Å². The van der Waals surface area contributed by atoms with Crippen molar-refractivity contribution in [1.29, 1.82) is 0 Å². The fourth-order valence-corrected chi connectivity index (χ4v) is 2.79. The number of aromatic nitrogens is 1. The lowest BCUT2D eigenvalue weighted by Crippen LogP contribution is -2.32. The van der Waals surface area contributed by atoms with Gasteiger partial charge < -0.3 is 14.8 Å². The Morgan fingerprint density at radius 3 is 2.73 bits per heavy atom. The van der Waals surface area contributed by atoms with Gasteiger partial charge in [0.2, 0.25) is 0 Å². The van der Waals surface area contributed by atoms with Gasteiger partial charge in [-0.1, -0.05) is 41.4 Å². The van der Waals surface area contributed by atoms with E-state index in [-0.39, 0.29) is 12.5 Å². The van der Waals surface area contributed by atoms with Crippen molar-refractivity contribution in [2.24, 2.45) is 0 Å². The van der Waals surface area contributed by atoms with Crippen molar-refractivity contribution >= 4 is 40.0 Å². The van der Waals surface area contributed by atoms with E-state index in [1.807, 2.05) is 30.3 Å². The van der Waals surface area contributed by atoms with Crippen molar-refractivity contribution in [2.75, 3.05) is 19.8 Å². The smallest absolute Gasteiger partial charge is 0.258 e. The van der Waals surface area contributed by atoms with Gasteiger partial charge in [-0.3, -0.25) is 9.78 Å². The molecule has 26 heavy (non-hydrogen) atoms. The van der Waals surface area contributed by atoms with Crippen LogP contribution in [0.3, 0.4) is 0 Å². The van der Waals surface area contributed by atoms with E-state index < -0.39 is 0 Å². The maximum Gasteiger partial charge on any atom is 0.258 e. The zero-order valence-electron chi connectivity index (χ0n) is 13.7. The predicted molar refractivity (Wildman–Crippen MR) is 102 cm³/mol. The van der Waals surface area contributed by atoms with Crippen LogP contribution in [-0.4, -0.2) is 30.6 Å². The molecular weight excluding hydrogens is 375 g/mol. The Morgan fingerprint density at radius 1 is 1.04 bits per heavy atom. The molecule has 0 atom stereocenters. The number of pyridine rings is 1. The molecule has 1 aromatic heterocycles. The Labute approximate surface area is 160 Å². The zero-order valence-corrected chi connectivity index (χ0v) is 15.3. The van der Waals surface area contributed by atoms with Gasteiger partial charge in [-0.2, -0.15) is 0 Å². The van der Waals surface area contributed by atoms with Crippen molar-refractivity contribution in [3.63, 3.8) is 0 Å². The Morgan fingerprint density at radius 2 is 1.88 bits per heavy atom. The number of rotatable bonds is 7. The highest BCUT2D eigenvalue weighted by atomic mass is 35.5.